The molecule has 150 valence electrons. The van der Waals surface area contributed by atoms with Gasteiger partial charge in [-0.15, -0.1) is 0 Å². The number of carbonyl (C=O) groups excluding carboxylic acids is 2. The molecule has 0 bridgehead atoms. The van der Waals surface area contributed by atoms with Gasteiger partial charge in [0, 0.05) is 44.4 Å². The van der Waals surface area contributed by atoms with Gasteiger partial charge < -0.3 is 10.2 Å². The van der Waals surface area contributed by atoms with Crippen molar-refractivity contribution in [1.82, 2.24) is 24.8 Å². The number of benzene rings is 1. The number of amides is 2. The van der Waals surface area contributed by atoms with Crippen LogP contribution in [0.1, 0.15) is 30.1 Å². The van der Waals surface area contributed by atoms with E-state index < -0.39 is 0 Å². The first-order valence-corrected chi connectivity index (χ1v) is 9.73. The predicted octanol–water partition coefficient (Wildman–Crippen LogP) is 1.68. The lowest BCUT2D eigenvalue weighted by atomic mass is 9.96. The Morgan fingerprint density at radius 1 is 1.21 bits per heavy atom. The molecular formula is C21H23N5O3. The Balaban J connectivity index is 1.50. The summed E-state index contributed by atoms with van der Waals surface area (Å²) in [5.41, 5.74) is 1.71. The summed E-state index contributed by atoms with van der Waals surface area (Å²) >= 11 is 0. The van der Waals surface area contributed by atoms with Crippen LogP contribution in [0.25, 0.3) is 16.9 Å². The Bertz CT molecular complexity index is 1090. The van der Waals surface area contributed by atoms with Gasteiger partial charge in [-0.2, -0.15) is 0 Å². The van der Waals surface area contributed by atoms with Gasteiger partial charge in [0.05, 0.1) is 5.69 Å². The van der Waals surface area contributed by atoms with Crippen molar-refractivity contribution in [2.75, 3.05) is 19.6 Å². The molecule has 1 fully saturated rings. The van der Waals surface area contributed by atoms with E-state index in [9.17, 15) is 14.4 Å². The standard InChI is InChI=1S/C21H23N5O3/c1-14(27)25-9-7-15(8-10-25)12-22-21(29)17-13-23-26-19(28)11-18(24-20(17)26)16-5-3-2-4-6-16/h2-6,11,13,15,23H,7-10,12H2,1H3,(H,22,29). The number of aromatic amines is 1. The maximum atomic E-state index is 12.7. The molecule has 2 amide bonds. The lowest BCUT2D eigenvalue weighted by molar-refractivity contribution is -0.130. The number of rotatable bonds is 4. The number of H-pyrrole nitrogens is 1. The molecular weight excluding hydrogens is 370 g/mol. The van der Waals surface area contributed by atoms with Crippen LogP contribution in [-0.4, -0.2) is 50.9 Å². The number of aromatic nitrogens is 3. The third kappa shape index (κ3) is 3.91. The Hall–Kier alpha value is -3.42. The van der Waals surface area contributed by atoms with Gasteiger partial charge in [-0.25, -0.2) is 9.50 Å². The molecule has 8 nitrogen and oxygen atoms in total. The summed E-state index contributed by atoms with van der Waals surface area (Å²) in [6.07, 6.45) is 3.24. The van der Waals surface area contributed by atoms with E-state index in [2.05, 4.69) is 15.4 Å². The first-order valence-electron chi connectivity index (χ1n) is 9.73. The number of fused-ring (bicyclic) bond motifs is 1. The molecule has 2 aromatic heterocycles. The number of hydrogen-bond donors (Lipinski definition) is 2. The highest BCUT2D eigenvalue weighted by atomic mass is 16.2. The summed E-state index contributed by atoms with van der Waals surface area (Å²) in [7, 11) is 0. The molecule has 2 N–H and O–H groups in total. The van der Waals surface area contributed by atoms with Gasteiger partial charge in [-0.3, -0.25) is 19.5 Å². The van der Waals surface area contributed by atoms with Crippen LogP contribution < -0.4 is 10.9 Å². The summed E-state index contributed by atoms with van der Waals surface area (Å²) in [6, 6.07) is 10.8. The minimum atomic E-state index is -0.274. The second-order valence-electron chi connectivity index (χ2n) is 7.35. The van der Waals surface area contributed by atoms with Crippen LogP contribution in [0.4, 0.5) is 0 Å². The number of hydrogen-bond acceptors (Lipinski definition) is 4. The predicted molar refractivity (Wildman–Crippen MR) is 109 cm³/mol. The molecule has 3 aromatic rings. The third-order valence-electron chi connectivity index (χ3n) is 5.42. The van der Waals surface area contributed by atoms with Gasteiger partial charge >= 0.3 is 0 Å². The quantitative estimate of drug-likeness (QED) is 0.704. The molecule has 0 radical (unpaired) electrons. The average Bonchev–Trinajstić information content (AvgIpc) is 3.17. The fourth-order valence-electron chi connectivity index (χ4n) is 3.69. The van der Waals surface area contributed by atoms with E-state index in [0.717, 1.165) is 31.5 Å². The summed E-state index contributed by atoms with van der Waals surface area (Å²) in [4.78, 5) is 43.0. The maximum absolute atomic E-state index is 12.7. The fraction of sp³-hybridized carbons (Fsp3) is 0.333. The molecule has 29 heavy (non-hydrogen) atoms. The lowest BCUT2D eigenvalue weighted by Crippen LogP contribution is -2.40. The van der Waals surface area contributed by atoms with Gasteiger partial charge in [-0.05, 0) is 18.8 Å². The average molecular weight is 393 g/mol. The van der Waals surface area contributed by atoms with Crippen LogP contribution in [0, 0.1) is 5.92 Å². The van der Waals surface area contributed by atoms with E-state index in [0.29, 0.717) is 29.4 Å². The molecule has 0 saturated carbocycles. The highest BCUT2D eigenvalue weighted by Gasteiger charge is 2.22. The Labute approximate surface area is 167 Å². The molecule has 0 atom stereocenters. The molecule has 0 aliphatic carbocycles. The largest absolute Gasteiger partial charge is 0.352 e. The molecule has 3 heterocycles. The first kappa shape index (κ1) is 18.9. The van der Waals surface area contributed by atoms with Crippen molar-refractivity contribution in [3.8, 4) is 11.3 Å². The van der Waals surface area contributed by atoms with Crippen molar-refractivity contribution in [2.24, 2.45) is 5.92 Å². The van der Waals surface area contributed by atoms with Crippen molar-refractivity contribution in [2.45, 2.75) is 19.8 Å². The summed E-state index contributed by atoms with van der Waals surface area (Å²) < 4.78 is 1.27. The summed E-state index contributed by atoms with van der Waals surface area (Å²) in [6.45, 7) is 3.56. The summed E-state index contributed by atoms with van der Waals surface area (Å²) in [5.74, 6) is 0.155. The van der Waals surface area contributed by atoms with E-state index in [4.69, 9.17) is 0 Å². The number of nitrogens with zero attached hydrogens (tertiary/aromatic N) is 3. The molecule has 1 aliphatic rings. The van der Waals surface area contributed by atoms with Crippen LogP contribution >= 0.6 is 0 Å². The second kappa shape index (κ2) is 7.90. The molecule has 8 heteroatoms. The first-order chi connectivity index (χ1) is 14.0. The van der Waals surface area contributed by atoms with Gasteiger partial charge in [0.25, 0.3) is 11.5 Å². The van der Waals surface area contributed by atoms with E-state index in [-0.39, 0.29) is 17.4 Å². The monoisotopic (exact) mass is 393 g/mol. The SMILES string of the molecule is CC(=O)N1CCC(CNC(=O)c2c[nH]n3c(=O)cc(-c4ccccc4)nc23)CC1. The van der Waals surface area contributed by atoms with Crippen molar-refractivity contribution in [3.05, 3.63) is 58.5 Å². The zero-order valence-electron chi connectivity index (χ0n) is 16.2. The highest BCUT2D eigenvalue weighted by molar-refractivity contribution is 5.99. The zero-order chi connectivity index (χ0) is 20.4. The number of likely N-dealkylation sites (tertiary alicyclic amines) is 1. The Kier molecular flexibility index (Phi) is 5.16. The Morgan fingerprint density at radius 2 is 1.93 bits per heavy atom. The van der Waals surface area contributed by atoms with Gasteiger partial charge in [0.15, 0.2) is 5.65 Å². The van der Waals surface area contributed by atoms with Crippen molar-refractivity contribution < 1.29 is 9.59 Å². The third-order valence-corrected chi connectivity index (χ3v) is 5.42. The maximum Gasteiger partial charge on any atom is 0.273 e. The smallest absolute Gasteiger partial charge is 0.273 e. The van der Waals surface area contributed by atoms with E-state index in [1.165, 1.54) is 16.8 Å². The number of nitrogens with one attached hydrogen (secondary N) is 2. The topological polar surface area (TPSA) is 99.6 Å². The zero-order valence-corrected chi connectivity index (χ0v) is 16.2. The van der Waals surface area contributed by atoms with Crippen LogP contribution in [0.2, 0.25) is 0 Å². The van der Waals surface area contributed by atoms with E-state index in [1.54, 1.807) is 6.92 Å². The van der Waals surface area contributed by atoms with E-state index in [1.807, 2.05) is 35.2 Å². The molecule has 0 spiro atoms. The minimum Gasteiger partial charge on any atom is -0.352 e. The van der Waals surface area contributed by atoms with E-state index >= 15 is 0 Å². The molecule has 0 unspecified atom stereocenters. The normalized spacial score (nSPS) is 14.9. The minimum absolute atomic E-state index is 0.0945. The van der Waals surface area contributed by atoms with Gasteiger partial charge in [0.1, 0.15) is 5.56 Å². The summed E-state index contributed by atoms with van der Waals surface area (Å²) in [5, 5.41) is 5.76. The fourth-order valence-corrected chi connectivity index (χ4v) is 3.69. The van der Waals surface area contributed by atoms with Crippen molar-refractivity contribution in [1.29, 1.82) is 0 Å². The van der Waals surface area contributed by atoms with Gasteiger partial charge in [-0.1, -0.05) is 30.3 Å². The molecule has 1 saturated heterocycles. The van der Waals surface area contributed by atoms with Crippen LogP contribution in [-0.2, 0) is 4.79 Å². The van der Waals surface area contributed by atoms with Crippen molar-refractivity contribution >= 4 is 17.5 Å². The second-order valence-corrected chi connectivity index (χ2v) is 7.35. The molecule has 4 rings (SSSR count). The number of carbonyl (C=O) groups is 2. The van der Waals surface area contributed by atoms with Gasteiger partial charge in [0.2, 0.25) is 5.91 Å². The lowest BCUT2D eigenvalue weighted by Gasteiger charge is -2.31. The van der Waals surface area contributed by atoms with Crippen LogP contribution in [0.3, 0.4) is 0 Å². The Morgan fingerprint density at radius 3 is 2.62 bits per heavy atom. The molecule has 1 aliphatic heterocycles. The van der Waals surface area contributed by atoms with Crippen molar-refractivity contribution in [3.63, 3.8) is 0 Å². The van der Waals surface area contributed by atoms with Crippen LogP contribution in [0.15, 0.2) is 47.4 Å². The highest BCUT2D eigenvalue weighted by Crippen LogP contribution is 2.18. The molecule has 1 aromatic carbocycles. The van der Waals surface area contributed by atoms with Crippen LogP contribution in [0.5, 0.6) is 0 Å². The number of piperidine rings is 1.